The SMILES string of the molecule is Fc1ccc(/C=C/c2nc(SCc3ncc(-c4ccccc4)o3)n[nH]2)cc1. The minimum atomic E-state index is -0.257. The molecule has 134 valence electrons. The van der Waals surface area contributed by atoms with Gasteiger partial charge in [-0.25, -0.2) is 14.4 Å². The Morgan fingerprint density at radius 2 is 1.85 bits per heavy atom. The van der Waals surface area contributed by atoms with Crippen LogP contribution in [0, 0.1) is 5.82 Å². The van der Waals surface area contributed by atoms with Crippen molar-refractivity contribution in [3.05, 3.63) is 83.9 Å². The van der Waals surface area contributed by atoms with Crippen LogP contribution in [0.15, 0.2) is 70.4 Å². The molecule has 7 heteroatoms. The molecular formula is C20H15FN4OS. The molecule has 2 heterocycles. The molecular weight excluding hydrogens is 363 g/mol. The number of aromatic nitrogens is 4. The minimum Gasteiger partial charge on any atom is -0.440 e. The third-order valence-corrected chi connectivity index (χ3v) is 4.55. The maximum absolute atomic E-state index is 12.9. The summed E-state index contributed by atoms with van der Waals surface area (Å²) in [5.74, 6) is 2.26. The van der Waals surface area contributed by atoms with E-state index in [4.69, 9.17) is 4.42 Å². The van der Waals surface area contributed by atoms with E-state index in [0.29, 0.717) is 22.6 Å². The predicted molar refractivity (Wildman–Crippen MR) is 103 cm³/mol. The molecule has 1 N–H and O–H groups in total. The first-order chi connectivity index (χ1) is 13.3. The third-order valence-electron chi connectivity index (χ3n) is 3.72. The first-order valence-electron chi connectivity index (χ1n) is 8.25. The topological polar surface area (TPSA) is 67.6 Å². The molecule has 0 fully saturated rings. The van der Waals surface area contributed by atoms with Gasteiger partial charge < -0.3 is 4.42 Å². The van der Waals surface area contributed by atoms with Crippen LogP contribution >= 0.6 is 11.8 Å². The molecule has 0 saturated heterocycles. The molecule has 0 amide bonds. The molecule has 0 bridgehead atoms. The lowest BCUT2D eigenvalue weighted by Crippen LogP contribution is -1.81. The van der Waals surface area contributed by atoms with Crippen LogP contribution in [0.25, 0.3) is 23.5 Å². The van der Waals surface area contributed by atoms with Crippen LogP contribution < -0.4 is 0 Å². The number of hydrogen-bond acceptors (Lipinski definition) is 5. The summed E-state index contributed by atoms with van der Waals surface area (Å²) in [5.41, 5.74) is 1.88. The molecule has 0 atom stereocenters. The van der Waals surface area contributed by atoms with Gasteiger partial charge in [-0.15, -0.1) is 5.10 Å². The Labute approximate surface area is 159 Å². The van der Waals surface area contributed by atoms with Gasteiger partial charge in [0, 0.05) is 5.56 Å². The van der Waals surface area contributed by atoms with Gasteiger partial charge in [0.25, 0.3) is 0 Å². The normalized spacial score (nSPS) is 11.3. The van der Waals surface area contributed by atoms with Crippen molar-refractivity contribution < 1.29 is 8.81 Å². The van der Waals surface area contributed by atoms with Gasteiger partial charge in [0.2, 0.25) is 11.0 Å². The second kappa shape index (κ2) is 8.01. The van der Waals surface area contributed by atoms with Crippen molar-refractivity contribution in [3.63, 3.8) is 0 Å². The van der Waals surface area contributed by atoms with Crippen molar-refractivity contribution in [3.8, 4) is 11.3 Å². The lowest BCUT2D eigenvalue weighted by atomic mass is 10.2. The van der Waals surface area contributed by atoms with Crippen LogP contribution in [0.3, 0.4) is 0 Å². The van der Waals surface area contributed by atoms with Gasteiger partial charge in [-0.2, -0.15) is 0 Å². The van der Waals surface area contributed by atoms with Crippen LogP contribution in [-0.4, -0.2) is 20.2 Å². The molecule has 0 aliphatic rings. The summed E-state index contributed by atoms with van der Waals surface area (Å²) >= 11 is 1.43. The summed E-state index contributed by atoms with van der Waals surface area (Å²) < 4.78 is 18.7. The summed E-state index contributed by atoms with van der Waals surface area (Å²) in [6.07, 6.45) is 5.36. The van der Waals surface area contributed by atoms with E-state index in [2.05, 4.69) is 20.2 Å². The van der Waals surface area contributed by atoms with Gasteiger partial charge in [0.15, 0.2) is 5.76 Å². The zero-order valence-electron chi connectivity index (χ0n) is 14.2. The molecule has 2 aromatic carbocycles. The molecule has 4 aromatic rings. The smallest absolute Gasteiger partial charge is 0.209 e. The number of aromatic amines is 1. The van der Waals surface area contributed by atoms with Gasteiger partial charge >= 0.3 is 0 Å². The Morgan fingerprint density at radius 3 is 2.67 bits per heavy atom. The van der Waals surface area contributed by atoms with Crippen molar-refractivity contribution in [1.82, 2.24) is 20.2 Å². The monoisotopic (exact) mass is 378 g/mol. The number of nitrogens with one attached hydrogen (secondary N) is 1. The number of hydrogen-bond donors (Lipinski definition) is 1. The standard InChI is InChI=1S/C20H15FN4OS/c21-16-9-6-14(7-10-16)8-11-18-23-20(25-24-18)27-13-19-22-12-17(26-19)15-4-2-1-3-5-15/h1-12H,13H2,(H,23,24,25)/b11-8+. The van der Waals surface area contributed by atoms with E-state index in [9.17, 15) is 4.39 Å². The zero-order valence-corrected chi connectivity index (χ0v) is 15.0. The van der Waals surface area contributed by atoms with Crippen molar-refractivity contribution in [2.75, 3.05) is 0 Å². The van der Waals surface area contributed by atoms with Crippen molar-refractivity contribution in [1.29, 1.82) is 0 Å². The molecule has 0 aliphatic carbocycles. The second-order valence-corrected chi connectivity index (χ2v) is 6.60. The van der Waals surface area contributed by atoms with Gasteiger partial charge in [-0.1, -0.05) is 60.3 Å². The fraction of sp³-hybridized carbons (Fsp3) is 0.0500. The predicted octanol–water partition coefficient (Wildman–Crippen LogP) is 5.06. The lowest BCUT2D eigenvalue weighted by molar-refractivity contribution is 0.530. The van der Waals surface area contributed by atoms with E-state index in [1.807, 2.05) is 36.4 Å². The first-order valence-corrected chi connectivity index (χ1v) is 9.24. The number of thioether (sulfide) groups is 1. The van der Waals surface area contributed by atoms with E-state index < -0.39 is 0 Å². The van der Waals surface area contributed by atoms with Crippen LogP contribution in [0.1, 0.15) is 17.3 Å². The number of H-pyrrole nitrogens is 1. The molecule has 27 heavy (non-hydrogen) atoms. The number of benzene rings is 2. The van der Waals surface area contributed by atoms with E-state index in [0.717, 1.165) is 16.9 Å². The average Bonchev–Trinajstić information content (AvgIpc) is 3.36. The largest absolute Gasteiger partial charge is 0.440 e. The molecule has 2 aromatic heterocycles. The van der Waals surface area contributed by atoms with Crippen LogP contribution in [0.5, 0.6) is 0 Å². The van der Waals surface area contributed by atoms with E-state index in [1.54, 1.807) is 24.4 Å². The van der Waals surface area contributed by atoms with Crippen LogP contribution in [0.4, 0.5) is 4.39 Å². The maximum Gasteiger partial charge on any atom is 0.209 e. The van der Waals surface area contributed by atoms with Crippen molar-refractivity contribution in [2.24, 2.45) is 0 Å². The first kappa shape index (κ1) is 17.2. The molecule has 0 radical (unpaired) electrons. The van der Waals surface area contributed by atoms with Crippen molar-refractivity contribution >= 4 is 23.9 Å². The number of halogens is 1. The summed E-state index contributed by atoms with van der Waals surface area (Å²) in [6, 6.07) is 16.1. The minimum absolute atomic E-state index is 0.257. The summed E-state index contributed by atoms with van der Waals surface area (Å²) in [6.45, 7) is 0. The quantitative estimate of drug-likeness (QED) is 0.475. The Kier molecular flexibility index (Phi) is 5.11. The number of rotatable bonds is 6. The summed E-state index contributed by atoms with van der Waals surface area (Å²) in [7, 11) is 0. The van der Waals surface area contributed by atoms with Gasteiger partial charge in [0.05, 0.1) is 11.9 Å². The Hall–Kier alpha value is -3.19. The van der Waals surface area contributed by atoms with E-state index >= 15 is 0 Å². The number of oxazole rings is 1. The van der Waals surface area contributed by atoms with E-state index in [1.165, 1.54) is 23.9 Å². The van der Waals surface area contributed by atoms with E-state index in [-0.39, 0.29) is 5.82 Å². The molecule has 0 spiro atoms. The highest BCUT2D eigenvalue weighted by molar-refractivity contribution is 7.98. The maximum atomic E-state index is 12.9. The van der Waals surface area contributed by atoms with Gasteiger partial charge in [-0.05, 0) is 23.8 Å². The molecule has 0 aliphatic heterocycles. The molecule has 4 rings (SSSR count). The Balaban J connectivity index is 1.36. The van der Waals surface area contributed by atoms with Crippen molar-refractivity contribution in [2.45, 2.75) is 10.9 Å². The average molecular weight is 378 g/mol. The number of nitrogens with zero attached hydrogens (tertiary/aromatic N) is 3. The molecule has 0 unspecified atom stereocenters. The highest BCUT2D eigenvalue weighted by atomic mass is 32.2. The highest BCUT2D eigenvalue weighted by Crippen LogP contribution is 2.24. The second-order valence-electron chi connectivity index (χ2n) is 5.66. The van der Waals surface area contributed by atoms with Gasteiger partial charge in [-0.3, -0.25) is 5.10 Å². The Bertz CT molecular complexity index is 1040. The lowest BCUT2D eigenvalue weighted by Gasteiger charge is -1.94. The zero-order chi connectivity index (χ0) is 18.5. The fourth-order valence-electron chi connectivity index (χ4n) is 2.39. The van der Waals surface area contributed by atoms with Crippen LogP contribution in [0.2, 0.25) is 0 Å². The highest BCUT2D eigenvalue weighted by Gasteiger charge is 2.08. The third kappa shape index (κ3) is 4.51. The summed E-state index contributed by atoms with van der Waals surface area (Å²) in [4.78, 5) is 8.69. The molecule has 5 nitrogen and oxygen atoms in total. The fourth-order valence-corrected chi connectivity index (χ4v) is 3.04. The van der Waals surface area contributed by atoms with Gasteiger partial charge in [0.1, 0.15) is 11.6 Å². The van der Waals surface area contributed by atoms with Crippen LogP contribution in [-0.2, 0) is 5.75 Å². The summed E-state index contributed by atoms with van der Waals surface area (Å²) in [5, 5.41) is 7.63. The Morgan fingerprint density at radius 1 is 1.04 bits per heavy atom. The molecule has 0 saturated carbocycles.